The summed E-state index contributed by atoms with van der Waals surface area (Å²) in [4.78, 5) is 32.6. The van der Waals surface area contributed by atoms with Crippen molar-refractivity contribution >= 4 is 66.8 Å². The Morgan fingerprint density at radius 2 is 1.57 bits per heavy atom. The molecule has 0 unspecified atom stereocenters. The fourth-order valence-electron chi connectivity index (χ4n) is 6.93. The highest BCUT2D eigenvalue weighted by Gasteiger charge is 2.47. The fourth-order valence-corrected chi connectivity index (χ4v) is 7.76. The summed E-state index contributed by atoms with van der Waals surface area (Å²) in [5.41, 5.74) is 4.99. The lowest BCUT2D eigenvalue weighted by Crippen LogP contribution is -2.56. The van der Waals surface area contributed by atoms with Gasteiger partial charge in [-0.15, -0.1) is 11.3 Å². The molecule has 9 N–H and O–H groups in total. The molecule has 1 saturated heterocycles. The predicted molar refractivity (Wildman–Crippen MR) is 169 cm³/mol. The molecule has 8 rings (SSSR count). The molecule has 0 saturated carbocycles. The molecule has 47 heavy (non-hydrogen) atoms. The van der Waals surface area contributed by atoms with Crippen LogP contribution in [0.1, 0.15) is 37.4 Å². The zero-order valence-electron chi connectivity index (χ0n) is 24.3. The van der Waals surface area contributed by atoms with Crippen LogP contribution < -0.4 is 5.43 Å². The number of carbonyl (C=O) groups excluding carboxylic acids is 2. The van der Waals surface area contributed by atoms with Crippen molar-refractivity contribution in [1.82, 2.24) is 20.0 Å². The Hall–Kier alpha value is -4.58. The Morgan fingerprint density at radius 1 is 0.872 bits per heavy atom. The van der Waals surface area contributed by atoms with Gasteiger partial charge in [0.2, 0.25) is 0 Å². The van der Waals surface area contributed by atoms with Crippen LogP contribution >= 0.6 is 11.3 Å². The van der Waals surface area contributed by atoms with Gasteiger partial charge in [-0.05, 0) is 41.3 Å². The van der Waals surface area contributed by atoms with E-state index in [-0.39, 0.29) is 52.2 Å². The van der Waals surface area contributed by atoms with E-state index in [1.54, 1.807) is 23.6 Å². The molecule has 2 aliphatic heterocycles. The zero-order chi connectivity index (χ0) is 32.9. The quantitative estimate of drug-likeness (QED) is 0.117. The molecule has 3 aromatic carbocycles. The molecule has 0 bridgehead atoms. The maximum Gasteiger partial charge on any atom is 0.276 e. The summed E-state index contributed by atoms with van der Waals surface area (Å²) in [5.74, 6) is -1.53. The number of benzene rings is 3. The van der Waals surface area contributed by atoms with Crippen molar-refractivity contribution < 1.29 is 50.1 Å². The van der Waals surface area contributed by atoms with Crippen molar-refractivity contribution in [2.24, 2.45) is 0 Å². The van der Waals surface area contributed by atoms with E-state index >= 15 is 0 Å². The Balaban J connectivity index is 1.45. The number of thiophene rings is 1. The van der Waals surface area contributed by atoms with Gasteiger partial charge in [0.25, 0.3) is 11.8 Å². The van der Waals surface area contributed by atoms with Gasteiger partial charge in [-0.2, -0.15) is 0 Å². The monoisotopic (exact) mass is 660 g/mol. The minimum absolute atomic E-state index is 0.0339. The first-order valence-electron chi connectivity index (χ1n) is 14.7. The van der Waals surface area contributed by atoms with E-state index in [9.17, 15) is 45.3 Å². The number of aromatic nitrogens is 2. The van der Waals surface area contributed by atoms with Crippen LogP contribution in [0, 0.1) is 0 Å². The van der Waals surface area contributed by atoms with Gasteiger partial charge in [-0.3, -0.25) is 9.59 Å². The molecule has 1 fully saturated rings. The first-order valence-corrected chi connectivity index (χ1v) is 15.6. The number of imide groups is 1. The highest BCUT2D eigenvalue weighted by atomic mass is 32.1. The van der Waals surface area contributed by atoms with Gasteiger partial charge in [0.15, 0.2) is 6.23 Å². The molecule has 3 aromatic heterocycles. The summed E-state index contributed by atoms with van der Waals surface area (Å²) in [6.07, 6.45) is -7.80. The van der Waals surface area contributed by atoms with Crippen LogP contribution in [0.25, 0.3) is 43.6 Å². The van der Waals surface area contributed by atoms with Crippen molar-refractivity contribution in [1.29, 1.82) is 0 Å². The smallest absolute Gasteiger partial charge is 0.276 e. The average molecular weight is 661 g/mol. The van der Waals surface area contributed by atoms with E-state index in [0.717, 1.165) is 9.89 Å². The zero-order valence-corrected chi connectivity index (χ0v) is 25.1. The number of H-pyrrole nitrogens is 1. The standard InChI is InChI=1S/C32H28N4O10S/c37-10-12-5-6-47-20(12)9-33-36-30(44)23-21-15-3-1-13(39)7-17(15)34-25(21)26-22(24(23)31(36)45)16-4-2-14(40)8-18(16)35(26)32-29(43)28(42)27(41)19(11-38)46-32/h1-8,19,27-29,32-34,37-43H,9-11H2/t19-,27-,28+,29-,32-/m1/s1. The normalized spacial score (nSPS) is 23.3. The first kappa shape index (κ1) is 29.8. The van der Waals surface area contributed by atoms with Crippen molar-refractivity contribution in [2.45, 2.75) is 43.8 Å². The topological polar surface area (TPSA) is 221 Å². The maximum atomic E-state index is 14.3. The van der Waals surface area contributed by atoms with E-state index in [1.807, 2.05) is 0 Å². The molecular formula is C32H28N4O10S. The number of aromatic hydroxyl groups is 2. The summed E-state index contributed by atoms with van der Waals surface area (Å²) >= 11 is 1.36. The number of aromatic amines is 1. The maximum absolute atomic E-state index is 14.3. The molecule has 2 aliphatic rings. The number of rotatable bonds is 6. The number of nitrogens with one attached hydrogen (secondary N) is 2. The van der Waals surface area contributed by atoms with E-state index in [4.69, 9.17) is 4.74 Å². The molecule has 5 atom stereocenters. The molecule has 6 aromatic rings. The second-order valence-corrected chi connectivity index (χ2v) is 12.7. The summed E-state index contributed by atoms with van der Waals surface area (Å²) in [6, 6.07) is 10.6. The Labute approximate surface area is 267 Å². The van der Waals surface area contributed by atoms with Gasteiger partial charge in [0.1, 0.15) is 35.9 Å². The third-order valence-electron chi connectivity index (χ3n) is 9.12. The van der Waals surface area contributed by atoms with Gasteiger partial charge >= 0.3 is 0 Å². The molecule has 242 valence electrons. The van der Waals surface area contributed by atoms with Crippen molar-refractivity contribution in [2.75, 3.05) is 6.61 Å². The SMILES string of the molecule is O=C1c2c(c3c4ccc(O)cc4n([C@@H]4O[C@H](CO)[C@@H](O)[C@H](O)[C@H]4O)c3c3[nH]c4cc(O)ccc4c23)C(=O)N1NCc1sccc1CO. The Morgan fingerprint density at radius 3 is 2.30 bits per heavy atom. The molecular weight excluding hydrogens is 632 g/mol. The lowest BCUT2D eigenvalue weighted by atomic mass is 9.96. The molecule has 14 nitrogen and oxygen atoms in total. The van der Waals surface area contributed by atoms with Crippen LogP contribution in [0.15, 0.2) is 47.8 Å². The number of hydrazine groups is 1. The second-order valence-electron chi connectivity index (χ2n) is 11.7. The van der Waals surface area contributed by atoms with Crippen molar-refractivity contribution in [3.05, 3.63) is 69.4 Å². The minimum Gasteiger partial charge on any atom is -0.508 e. The van der Waals surface area contributed by atoms with E-state index in [0.29, 0.717) is 32.8 Å². The van der Waals surface area contributed by atoms with E-state index in [1.165, 1.54) is 40.2 Å². The molecule has 0 spiro atoms. The number of hydrogen-bond donors (Lipinski definition) is 9. The van der Waals surface area contributed by atoms with Crippen LogP contribution in [-0.2, 0) is 17.9 Å². The summed E-state index contributed by atoms with van der Waals surface area (Å²) in [7, 11) is 0. The first-order chi connectivity index (χ1) is 22.6. The number of fused-ring (bicyclic) bond motifs is 10. The minimum atomic E-state index is -1.73. The van der Waals surface area contributed by atoms with Crippen LogP contribution in [0.3, 0.4) is 0 Å². The summed E-state index contributed by atoms with van der Waals surface area (Å²) in [6.45, 7) is -0.819. The van der Waals surface area contributed by atoms with E-state index in [2.05, 4.69) is 10.4 Å². The number of aliphatic hydroxyl groups excluding tert-OH is 5. The molecule has 5 heterocycles. The van der Waals surface area contributed by atoms with Crippen molar-refractivity contribution in [3.8, 4) is 11.5 Å². The van der Waals surface area contributed by atoms with Crippen LogP contribution in [0.4, 0.5) is 0 Å². The van der Waals surface area contributed by atoms with Gasteiger partial charge in [-0.25, -0.2) is 10.4 Å². The summed E-state index contributed by atoms with van der Waals surface area (Å²) in [5, 5.41) is 77.3. The number of phenols is 2. The number of aliphatic hydroxyl groups is 5. The third-order valence-corrected chi connectivity index (χ3v) is 10.1. The van der Waals surface area contributed by atoms with Gasteiger partial charge in [-0.1, -0.05) is 0 Å². The van der Waals surface area contributed by atoms with Gasteiger partial charge < -0.3 is 50.0 Å². The van der Waals surface area contributed by atoms with E-state index < -0.39 is 49.1 Å². The van der Waals surface area contributed by atoms with Crippen LogP contribution in [0.2, 0.25) is 0 Å². The molecule has 0 aliphatic carbocycles. The third kappa shape index (κ3) is 4.16. The number of ether oxygens (including phenoxy) is 1. The van der Waals surface area contributed by atoms with Crippen LogP contribution in [0.5, 0.6) is 11.5 Å². The molecule has 2 amide bonds. The lowest BCUT2D eigenvalue weighted by molar-refractivity contribution is -0.249. The number of phenolic OH excluding ortho intramolecular Hbond substituents is 2. The Bertz CT molecular complexity index is 2270. The summed E-state index contributed by atoms with van der Waals surface area (Å²) < 4.78 is 7.46. The number of nitrogens with zero attached hydrogens (tertiary/aromatic N) is 2. The number of amides is 2. The highest BCUT2D eigenvalue weighted by molar-refractivity contribution is 7.10. The lowest BCUT2D eigenvalue weighted by Gasteiger charge is -2.41. The highest BCUT2D eigenvalue weighted by Crippen LogP contribution is 2.48. The number of carbonyl (C=O) groups is 2. The molecule has 0 radical (unpaired) electrons. The average Bonchev–Trinajstić information content (AvgIpc) is 3.80. The predicted octanol–water partition coefficient (Wildman–Crippen LogP) is 1.67. The molecule has 15 heteroatoms. The van der Waals surface area contributed by atoms with Crippen molar-refractivity contribution in [3.63, 3.8) is 0 Å². The largest absolute Gasteiger partial charge is 0.508 e. The fraction of sp³-hybridized carbons (Fsp3) is 0.250. The Kier molecular flexibility index (Phi) is 6.80. The second kappa shape index (κ2) is 10.7. The number of hydrogen-bond acceptors (Lipinski definition) is 12. The van der Waals surface area contributed by atoms with Gasteiger partial charge in [0, 0.05) is 38.6 Å². The van der Waals surface area contributed by atoms with Crippen LogP contribution in [-0.4, -0.2) is 93.1 Å². The van der Waals surface area contributed by atoms with Gasteiger partial charge in [0.05, 0.1) is 53.0 Å².